The molecule has 0 aromatic rings. The molecule has 2 N–H and O–H groups in total. The molecular formula is C8H13NO3. The summed E-state index contributed by atoms with van der Waals surface area (Å²) in [6, 6.07) is -0.713. The quantitative estimate of drug-likeness (QED) is 0.645. The highest BCUT2D eigenvalue weighted by Gasteiger charge is 2.49. The van der Waals surface area contributed by atoms with Gasteiger partial charge < -0.3 is 10.4 Å². The summed E-state index contributed by atoms with van der Waals surface area (Å²) in [5.41, 5.74) is -0.211. The molecule has 68 valence electrons. The molecule has 0 heterocycles. The van der Waals surface area contributed by atoms with E-state index < -0.39 is 12.0 Å². The maximum Gasteiger partial charge on any atom is 0.326 e. The standard InChI is InChI=1S/C8H13NO3/c1-5(10)9-6(7(11)12)8(2)3-4-8/h6H,3-4H2,1-2H3,(H,9,10)(H,11,12). The molecule has 1 unspecified atom stereocenters. The van der Waals surface area contributed by atoms with Crippen molar-refractivity contribution in [3.05, 3.63) is 0 Å². The second-order valence-electron chi connectivity index (χ2n) is 3.63. The molecule has 4 nitrogen and oxygen atoms in total. The Morgan fingerprint density at radius 3 is 2.25 bits per heavy atom. The van der Waals surface area contributed by atoms with E-state index in [0.717, 1.165) is 12.8 Å². The fourth-order valence-corrected chi connectivity index (χ4v) is 1.22. The third-order valence-electron chi connectivity index (χ3n) is 2.33. The van der Waals surface area contributed by atoms with Crippen LogP contribution in [0.25, 0.3) is 0 Å². The average molecular weight is 171 g/mol. The highest BCUT2D eigenvalue weighted by atomic mass is 16.4. The molecule has 1 rings (SSSR count). The molecule has 0 aromatic heterocycles. The van der Waals surface area contributed by atoms with E-state index in [1.807, 2.05) is 6.92 Å². The summed E-state index contributed by atoms with van der Waals surface area (Å²) < 4.78 is 0. The van der Waals surface area contributed by atoms with E-state index in [2.05, 4.69) is 5.32 Å². The van der Waals surface area contributed by atoms with Gasteiger partial charge in [0.15, 0.2) is 0 Å². The first-order valence-corrected chi connectivity index (χ1v) is 3.95. The number of carboxylic acid groups (broad SMARTS) is 1. The van der Waals surface area contributed by atoms with Crippen LogP contribution in [0.5, 0.6) is 0 Å². The van der Waals surface area contributed by atoms with Gasteiger partial charge in [0.1, 0.15) is 6.04 Å². The van der Waals surface area contributed by atoms with Gasteiger partial charge in [0.25, 0.3) is 0 Å². The minimum atomic E-state index is -0.940. The first-order chi connectivity index (χ1) is 5.46. The lowest BCUT2D eigenvalue weighted by atomic mass is 9.99. The molecule has 0 saturated heterocycles. The van der Waals surface area contributed by atoms with Crippen LogP contribution < -0.4 is 5.32 Å². The summed E-state index contributed by atoms with van der Waals surface area (Å²) in [5.74, 6) is -1.22. The van der Waals surface area contributed by atoms with Crippen LogP contribution in [-0.2, 0) is 9.59 Å². The van der Waals surface area contributed by atoms with E-state index in [-0.39, 0.29) is 11.3 Å². The van der Waals surface area contributed by atoms with E-state index in [9.17, 15) is 9.59 Å². The van der Waals surface area contributed by atoms with Crippen molar-refractivity contribution in [2.45, 2.75) is 32.7 Å². The predicted molar refractivity (Wildman–Crippen MR) is 42.6 cm³/mol. The normalized spacial score (nSPS) is 21.2. The number of rotatable bonds is 3. The molecule has 1 aliphatic carbocycles. The van der Waals surface area contributed by atoms with Crippen molar-refractivity contribution in [3.63, 3.8) is 0 Å². The monoisotopic (exact) mass is 171 g/mol. The van der Waals surface area contributed by atoms with Gasteiger partial charge in [-0.15, -0.1) is 0 Å². The Balaban J connectivity index is 2.62. The van der Waals surface area contributed by atoms with Crippen LogP contribution in [-0.4, -0.2) is 23.0 Å². The number of carbonyl (C=O) groups is 2. The summed E-state index contributed by atoms with van der Waals surface area (Å²) in [5, 5.41) is 11.2. The zero-order valence-electron chi connectivity index (χ0n) is 7.26. The maximum absolute atomic E-state index is 10.7. The lowest BCUT2D eigenvalue weighted by molar-refractivity contribution is -0.143. The lowest BCUT2D eigenvalue weighted by Crippen LogP contribution is -2.45. The zero-order chi connectivity index (χ0) is 9.35. The Kier molecular flexibility index (Phi) is 2.08. The third kappa shape index (κ3) is 1.75. The molecule has 0 aromatic carbocycles. The van der Waals surface area contributed by atoms with Crippen molar-refractivity contribution in [2.75, 3.05) is 0 Å². The summed E-state index contributed by atoms with van der Waals surface area (Å²) >= 11 is 0. The molecular weight excluding hydrogens is 158 g/mol. The van der Waals surface area contributed by atoms with Crippen molar-refractivity contribution in [1.82, 2.24) is 5.32 Å². The molecule has 0 radical (unpaired) electrons. The Morgan fingerprint density at radius 2 is 2.00 bits per heavy atom. The Bertz CT molecular complexity index is 220. The third-order valence-corrected chi connectivity index (χ3v) is 2.33. The molecule has 1 fully saturated rings. The molecule has 0 aliphatic heterocycles. The number of carbonyl (C=O) groups excluding carboxylic acids is 1. The van der Waals surface area contributed by atoms with E-state index in [1.165, 1.54) is 6.92 Å². The fourth-order valence-electron chi connectivity index (χ4n) is 1.22. The molecule has 0 bridgehead atoms. The summed E-state index contributed by atoms with van der Waals surface area (Å²) in [7, 11) is 0. The van der Waals surface area contributed by atoms with Crippen molar-refractivity contribution < 1.29 is 14.7 Å². The lowest BCUT2D eigenvalue weighted by Gasteiger charge is -2.19. The van der Waals surface area contributed by atoms with Crippen molar-refractivity contribution in [2.24, 2.45) is 5.41 Å². The van der Waals surface area contributed by atoms with Crippen LogP contribution >= 0.6 is 0 Å². The highest BCUT2D eigenvalue weighted by molar-refractivity contribution is 5.83. The van der Waals surface area contributed by atoms with Gasteiger partial charge in [-0.3, -0.25) is 4.79 Å². The summed E-state index contributed by atoms with van der Waals surface area (Å²) in [6.45, 7) is 3.21. The number of hydrogen-bond donors (Lipinski definition) is 2. The van der Waals surface area contributed by atoms with Crippen LogP contribution in [0.4, 0.5) is 0 Å². The van der Waals surface area contributed by atoms with Gasteiger partial charge in [-0.25, -0.2) is 4.79 Å². The number of amides is 1. The second-order valence-corrected chi connectivity index (χ2v) is 3.63. The van der Waals surface area contributed by atoms with E-state index in [1.54, 1.807) is 0 Å². The molecule has 1 amide bonds. The minimum Gasteiger partial charge on any atom is -0.480 e. The number of hydrogen-bond acceptors (Lipinski definition) is 2. The topological polar surface area (TPSA) is 66.4 Å². The smallest absolute Gasteiger partial charge is 0.326 e. The molecule has 12 heavy (non-hydrogen) atoms. The van der Waals surface area contributed by atoms with Gasteiger partial charge in [-0.05, 0) is 18.3 Å². The Hall–Kier alpha value is -1.06. The number of nitrogens with one attached hydrogen (secondary N) is 1. The van der Waals surface area contributed by atoms with Crippen LogP contribution in [0, 0.1) is 5.41 Å². The van der Waals surface area contributed by atoms with Gasteiger partial charge in [0, 0.05) is 6.92 Å². The van der Waals surface area contributed by atoms with Gasteiger partial charge in [-0.2, -0.15) is 0 Å². The predicted octanol–water partition coefficient (Wildman–Crippen LogP) is 0.376. The SMILES string of the molecule is CC(=O)NC(C(=O)O)C1(C)CC1. The van der Waals surface area contributed by atoms with Crippen LogP contribution in [0.15, 0.2) is 0 Å². The molecule has 1 saturated carbocycles. The average Bonchev–Trinajstić information content (AvgIpc) is 2.63. The van der Waals surface area contributed by atoms with Crippen molar-refractivity contribution >= 4 is 11.9 Å². The fraction of sp³-hybridized carbons (Fsp3) is 0.750. The van der Waals surface area contributed by atoms with E-state index >= 15 is 0 Å². The maximum atomic E-state index is 10.7. The van der Waals surface area contributed by atoms with Crippen LogP contribution in [0.1, 0.15) is 26.7 Å². The number of aliphatic carboxylic acids is 1. The van der Waals surface area contributed by atoms with Gasteiger partial charge >= 0.3 is 5.97 Å². The van der Waals surface area contributed by atoms with Gasteiger partial charge in [0.2, 0.25) is 5.91 Å². The Labute approximate surface area is 71.0 Å². The summed E-state index contributed by atoms with van der Waals surface area (Å²) in [4.78, 5) is 21.4. The Morgan fingerprint density at radius 1 is 1.50 bits per heavy atom. The largest absolute Gasteiger partial charge is 0.480 e. The number of carboxylic acids is 1. The first kappa shape index (κ1) is 9.03. The second kappa shape index (κ2) is 2.77. The zero-order valence-corrected chi connectivity index (χ0v) is 7.26. The van der Waals surface area contributed by atoms with Crippen molar-refractivity contribution in [1.29, 1.82) is 0 Å². The first-order valence-electron chi connectivity index (χ1n) is 3.95. The van der Waals surface area contributed by atoms with Crippen LogP contribution in [0.3, 0.4) is 0 Å². The van der Waals surface area contributed by atoms with E-state index in [0.29, 0.717) is 0 Å². The summed E-state index contributed by atoms with van der Waals surface area (Å²) in [6.07, 6.45) is 1.76. The molecule has 1 atom stereocenters. The van der Waals surface area contributed by atoms with E-state index in [4.69, 9.17) is 5.11 Å². The van der Waals surface area contributed by atoms with Crippen LogP contribution in [0.2, 0.25) is 0 Å². The van der Waals surface area contributed by atoms with Gasteiger partial charge in [0.05, 0.1) is 0 Å². The molecule has 4 heteroatoms. The molecule has 1 aliphatic rings. The molecule has 0 spiro atoms. The van der Waals surface area contributed by atoms with Gasteiger partial charge in [-0.1, -0.05) is 6.92 Å². The minimum absolute atomic E-state index is 0.211. The highest BCUT2D eigenvalue weighted by Crippen LogP contribution is 2.48. The van der Waals surface area contributed by atoms with Crippen molar-refractivity contribution in [3.8, 4) is 0 Å².